The van der Waals surface area contributed by atoms with E-state index in [1.807, 2.05) is 25.5 Å². The van der Waals surface area contributed by atoms with Crippen LogP contribution in [0.15, 0.2) is 35.6 Å². The molecular weight excluding hydrogens is 427 g/mol. The Kier molecular flexibility index (Phi) is 6.16. The molecule has 1 aromatic carbocycles. The summed E-state index contributed by atoms with van der Waals surface area (Å²) in [7, 11) is 1.84. The van der Waals surface area contributed by atoms with Gasteiger partial charge >= 0.3 is 0 Å². The molecule has 1 aliphatic carbocycles. The fourth-order valence-corrected chi connectivity index (χ4v) is 3.55. The van der Waals surface area contributed by atoms with Gasteiger partial charge in [0.15, 0.2) is 5.96 Å². The number of halogens is 1. The number of likely N-dealkylation sites (tertiary alicyclic amines) is 1. The van der Waals surface area contributed by atoms with Crippen molar-refractivity contribution in [3.05, 3.63) is 30.6 Å². The Morgan fingerprint density at radius 2 is 2.12 bits per heavy atom. The largest absolute Gasteiger partial charge is 0.355 e. The van der Waals surface area contributed by atoms with E-state index in [4.69, 9.17) is 0 Å². The first-order valence-corrected chi connectivity index (χ1v) is 8.94. The molecule has 0 amide bonds. The lowest BCUT2D eigenvalue weighted by Crippen LogP contribution is -2.45. The molecule has 2 N–H and O–H groups in total. The van der Waals surface area contributed by atoms with E-state index in [1.54, 1.807) is 0 Å². The van der Waals surface area contributed by atoms with E-state index in [0.717, 1.165) is 37.2 Å². The lowest BCUT2D eigenvalue weighted by Gasteiger charge is -2.18. The van der Waals surface area contributed by atoms with Gasteiger partial charge in [-0.05, 0) is 31.4 Å². The van der Waals surface area contributed by atoms with Crippen molar-refractivity contribution in [3.8, 4) is 0 Å². The Hall–Kier alpha value is -1.35. The van der Waals surface area contributed by atoms with E-state index in [2.05, 4.69) is 42.2 Å². The summed E-state index contributed by atoms with van der Waals surface area (Å²) in [6.07, 6.45) is 5.90. The average molecular weight is 454 g/mol. The van der Waals surface area contributed by atoms with Crippen LogP contribution in [-0.2, 0) is 6.54 Å². The monoisotopic (exact) mass is 454 g/mol. The van der Waals surface area contributed by atoms with Gasteiger partial charge in [0.1, 0.15) is 0 Å². The molecule has 1 saturated heterocycles. The maximum absolute atomic E-state index is 4.43. The summed E-state index contributed by atoms with van der Waals surface area (Å²) in [5.74, 6) is 0.905. The van der Waals surface area contributed by atoms with Crippen molar-refractivity contribution in [1.29, 1.82) is 0 Å². The number of imidazole rings is 1. The van der Waals surface area contributed by atoms with Crippen LogP contribution in [-0.4, -0.2) is 59.2 Å². The minimum atomic E-state index is 0. The van der Waals surface area contributed by atoms with Crippen LogP contribution in [0.25, 0.3) is 11.0 Å². The van der Waals surface area contributed by atoms with Gasteiger partial charge in [-0.1, -0.05) is 12.1 Å². The van der Waals surface area contributed by atoms with E-state index in [-0.39, 0.29) is 24.0 Å². The number of nitrogens with one attached hydrogen (secondary N) is 2. The lowest BCUT2D eigenvalue weighted by atomic mass is 10.3. The summed E-state index contributed by atoms with van der Waals surface area (Å²) in [5.41, 5.74) is 2.23. The van der Waals surface area contributed by atoms with Gasteiger partial charge in [0, 0.05) is 45.3 Å². The van der Waals surface area contributed by atoms with Gasteiger partial charge in [0.25, 0.3) is 0 Å². The Labute approximate surface area is 166 Å². The van der Waals surface area contributed by atoms with Crippen LogP contribution >= 0.6 is 24.0 Å². The van der Waals surface area contributed by atoms with Crippen LogP contribution in [0.4, 0.5) is 0 Å². The summed E-state index contributed by atoms with van der Waals surface area (Å²) in [5, 5.41) is 7.00. The second kappa shape index (κ2) is 8.35. The minimum absolute atomic E-state index is 0. The highest BCUT2D eigenvalue weighted by Gasteiger charge is 2.34. The zero-order valence-electron chi connectivity index (χ0n) is 14.7. The maximum atomic E-state index is 4.43. The van der Waals surface area contributed by atoms with Crippen LogP contribution in [0.5, 0.6) is 0 Å². The van der Waals surface area contributed by atoms with Gasteiger partial charge in [-0.2, -0.15) is 0 Å². The summed E-state index contributed by atoms with van der Waals surface area (Å²) >= 11 is 0. The molecule has 2 aliphatic rings. The predicted octanol–water partition coefficient (Wildman–Crippen LogP) is 2.06. The average Bonchev–Trinajstić information content (AvgIpc) is 3.22. The third kappa shape index (κ3) is 4.44. The van der Waals surface area contributed by atoms with Crippen molar-refractivity contribution in [1.82, 2.24) is 25.1 Å². The maximum Gasteiger partial charge on any atom is 0.191 e. The number of aliphatic imine (C=N–C) groups is 1. The van der Waals surface area contributed by atoms with E-state index < -0.39 is 0 Å². The molecule has 25 heavy (non-hydrogen) atoms. The summed E-state index contributed by atoms with van der Waals surface area (Å²) < 4.78 is 2.18. The minimum Gasteiger partial charge on any atom is -0.355 e. The van der Waals surface area contributed by atoms with Crippen LogP contribution in [0.1, 0.15) is 19.3 Å². The number of benzene rings is 1. The molecule has 0 bridgehead atoms. The standard InChI is InChI=1S/C18H26N6.HI/c1-19-18(22-14-8-10-23(12-14)15-6-7-15)20-9-11-24-13-21-16-4-2-3-5-17(16)24;/h2-5,13-15H,6-12H2,1H3,(H2,19,20,22);1H. The van der Waals surface area contributed by atoms with Gasteiger partial charge in [-0.15, -0.1) is 24.0 Å². The molecule has 6 nitrogen and oxygen atoms in total. The highest BCUT2D eigenvalue weighted by atomic mass is 127. The first-order valence-electron chi connectivity index (χ1n) is 8.94. The topological polar surface area (TPSA) is 57.5 Å². The normalized spacial score (nSPS) is 21.3. The number of para-hydroxylation sites is 2. The Morgan fingerprint density at radius 3 is 2.92 bits per heavy atom. The molecule has 136 valence electrons. The van der Waals surface area contributed by atoms with Gasteiger partial charge in [-0.25, -0.2) is 4.98 Å². The number of guanidine groups is 1. The van der Waals surface area contributed by atoms with Crippen molar-refractivity contribution >= 4 is 41.0 Å². The number of aromatic nitrogens is 2. The molecule has 2 heterocycles. The molecule has 0 spiro atoms. The van der Waals surface area contributed by atoms with Gasteiger partial charge in [-0.3, -0.25) is 9.89 Å². The zero-order chi connectivity index (χ0) is 16.4. The smallest absolute Gasteiger partial charge is 0.191 e. The summed E-state index contributed by atoms with van der Waals surface area (Å²) in [6, 6.07) is 9.62. The molecule has 1 unspecified atom stereocenters. The van der Waals surface area contributed by atoms with Crippen molar-refractivity contribution in [3.63, 3.8) is 0 Å². The van der Waals surface area contributed by atoms with Crippen molar-refractivity contribution < 1.29 is 0 Å². The van der Waals surface area contributed by atoms with Crippen LogP contribution in [0.2, 0.25) is 0 Å². The quantitative estimate of drug-likeness (QED) is 0.413. The lowest BCUT2D eigenvalue weighted by molar-refractivity contribution is 0.321. The van der Waals surface area contributed by atoms with E-state index in [9.17, 15) is 0 Å². The number of hydrogen-bond acceptors (Lipinski definition) is 3. The predicted molar refractivity (Wildman–Crippen MR) is 113 cm³/mol. The number of rotatable bonds is 5. The first-order chi connectivity index (χ1) is 11.8. The van der Waals surface area contributed by atoms with Crippen molar-refractivity contribution in [2.45, 2.75) is 37.9 Å². The van der Waals surface area contributed by atoms with Gasteiger partial charge in [0.05, 0.1) is 17.4 Å². The number of hydrogen-bond donors (Lipinski definition) is 2. The Balaban J connectivity index is 0.00000182. The highest BCUT2D eigenvalue weighted by Crippen LogP contribution is 2.29. The van der Waals surface area contributed by atoms with E-state index in [0.29, 0.717) is 6.04 Å². The van der Waals surface area contributed by atoms with Crippen LogP contribution in [0, 0.1) is 0 Å². The summed E-state index contributed by atoms with van der Waals surface area (Å²) in [6.45, 7) is 4.08. The van der Waals surface area contributed by atoms with Crippen molar-refractivity contribution in [2.75, 3.05) is 26.7 Å². The molecule has 2 aromatic rings. The molecule has 1 aromatic heterocycles. The Morgan fingerprint density at radius 1 is 1.28 bits per heavy atom. The summed E-state index contributed by atoms with van der Waals surface area (Å²) in [4.78, 5) is 11.4. The number of fused-ring (bicyclic) bond motifs is 1. The Bertz CT molecular complexity index is 723. The second-order valence-corrected chi connectivity index (χ2v) is 6.78. The van der Waals surface area contributed by atoms with E-state index >= 15 is 0 Å². The molecule has 4 rings (SSSR count). The SMILES string of the molecule is CN=C(NCCn1cnc2ccccc21)NC1CCN(C2CC2)C1.I. The molecular formula is C18H27IN6. The van der Waals surface area contributed by atoms with Gasteiger partial charge < -0.3 is 15.2 Å². The third-order valence-electron chi connectivity index (χ3n) is 5.02. The van der Waals surface area contributed by atoms with Crippen LogP contribution in [0.3, 0.4) is 0 Å². The third-order valence-corrected chi connectivity index (χ3v) is 5.02. The van der Waals surface area contributed by atoms with Crippen molar-refractivity contribution in [2.24, 2.45) is 4.99 Å². The number of nitrogens with zero attached hydrogens (tertiary/aromatic N) is 4. The van der Waals surface area contributed by atoms with Crippen LogP contribution < -0.4 is 10.6 Å². The molecule has 0 radical (unpaired) electrons. The molecule has 1 atom stereocenters. The fourth-order valence-electron chi connectivity index (χ4n) is 3.55. The fraction of sp³-hybridized carbons (Fsp3) is 0.556. The molecule has 7 heteroatoms. The molecule has 1 saturated carbocycles. The van der Waals surface area contributed by atoms with E-state index in [1.165, 1.54) is 31.3 Å². The highest BCUT2D eigenvalue weighted by molar-refractivity contribution is 14.0. The van der Waals surface area contributed by atoms with Gasteiger partial charge in [0.2, 0.25) is 0 Å². The second-order valence-electron chi connectivity index (χ2n) is 6.78. The molecule has 1 aliphatic heterocycles. The first kappa shape index (κ1) is 18.4. The molecule has 2 fully saturated rings. The zero-order valence-corrected chi connectivity index (χ0v) is 17.0.